The Balaban J connectivity index is 2.05. The number of aliphatic hydroxyl groups is 3. The van der Waals surface area contributed by atoms with Crippen molar-refractivity contribution in [1.82, 2.24) is 5.32 Å². The zero-order valence-corrected chi connectivity index (χ0v) is 11.3. The molecule has 0 fully saturated rings. The van der Waals surface area contributed by atoms with Gasteiger partial charge in [0.05, 0.1) is 38.6 Å². The normalized spacial score (nSPS) is 14.9. The maximum atomic E-state index is 9.26. The van der Waals surface area contributed by atoms with Crippen molar-refractivity contribution < 1.29 is 24.8 Å². The number of nitrogens with one attached hydrogen (secondary N) is 1. The van der Waals surface area contributed by atoms with Gasteiger partial charge in [-0.1, -0.05) is 6.07 Å². The Morgan fingerprint density at radius 3 is 2.30 bits per heavy atom. The largest absolute Gasteiger partial charge is 0.490 e. The van der Waals surface area contributed by atoms with Gasteiger partial charge in [-0.3, -0.25) is 0 Å². The molecule has 6 nitrogen and oxygen atoms in total. The fourth-order valence-electron chi connectivity index (χ4n) is 1.92. The zero-order chi connectivity index (χ0) is 14.4. The first-order chi connectivity index (χ1) is 9.73. The second-order valence-electron chi connectivity index (χ2n) is 4.94. The van der Waals surface area contributed by atoms with Gasteiger partial charge in [-0.25, -0.2) is 0 Å². The van der Waals surface area contributed by atoms with Crippen LogP contribution in [0.25, 0.3) is 0 Å². The van der Waals surface area contributed by atoms with Crippen molar-refractivity contribution >= 4 is 0 Å². The van der Waals surface area contributed by atoms with Gasteiger partial charge < -0.3 is 30.1 Å². The monoisotopic (exact) mass is 283 g/mol. The Morgan fingerprint density at radius 1 is 1.00 bits per heavy atom. The summed E-state index contributed by atoms with van der Waals surface area (Å²) < 4.78 is 11.1. The van der Waals surface area contributed by atoms with E-state index in [1.165, 1.54) is 0 Å². The summed E-state index contributed by atoms with van der Waals surface area (Å²) in [5, 5.41) is 30.7. The number of hydrogen-bond acceptors (Lipinski definition) is 6. The first-order valence-corrected chi connectivity index (χ1v) is 6.69. The molecule has 112 valence electrons. The van der Waals surface area contributed by atoms with E-state index < -0.39 is 5.54 Å². The van der Waals surface area contributed by atoms with Crippen molar-refractivity contribution in [3.63, 3.8) is 0 Å². The number of rotatable bonds is 6. The minimum atomic E-state index is -1.08. The molecule has 1 aromatic rings. The van der Waals surface area contributed by atoms with E-state index in [-0.39, 0.29) is 19.8 Å². The lowest BCUT2D eigenvalue weighted by Gasteiger charge is -2.29. The highest BCUT2D eigenvalue weighted by Gasteiger charge is 2.27. The number of benzene rings is 1. The van der Waals surface area contributed by atoms with E-state index >= 15 is 0 Å². The predicted molar refractivity (Wildman–Crippen MR) is 72.9 cm³/mol. The van der Waals surface area contributed by atoms with E-state index in [1.807, 2.05) is 18.2 Å². The molecule has 0 unspecified atom stereocenters. The maximum Gasteiger partial charge on any atom is 0.161 e. The Labute approximate surface area is 118 Å². The second kappa shape index (κ2) is 6.90. The maximum absolute atomic E-state index is 9.26. The molecular formula is C14H21NO5. The van der Waals surface area contributed by atoms with E-state index in [0.717, 1.165) is 17.7 Å². The quantitative estimate of drug-likeness (QED) is 0.571. The van der Waals surface area contributed by atoms with E-state index in [2.05, 4.69) is 5.32 Å². The van der Waals surface area contributed by atoms with Crippen molar-refractivity contribution in [1.29, 1.82) is 0 Å². The number of hydrogen-bond donors (Lipinski definition) is 4. The summed E-state index contributed by atoms with van der Waals surface area (Å²) in [4.78, 5) is 0. The zero-order valence-electron chi connectivity index (χ0n) is 11.3. The summed E-state index contributed by atoms with van der Waals surface area (Å²) in [5.74, 6) is 1.42. The molecule has 0 aromatic heterocycles. The van der Waals surface area contributed by atoms with E-state index in [4.69, 9.17) is 9.47 Å². The van der Waals surface area contributed by atoms with Crippen molar-refractivity contribution in [2.75, 3.05) is 33.0 Å². The molecule has 1 heterocycles. The summed E-state index contributed by atoms with van der Waals surface area (Å²) >= 11 is 0. The summed E-state index contributed by atoms with van der Waals surface area (Å²) in [6.07, 6.45) is 0.852. The number of ether oxygens (including phenoxy) is 2. The number of fused-ring (bicyclic) bond motifs is 1. The third kappa shape index (κ3) is 3.40. The van der Waals surface area contributed by atoms with Gasteiger partial charge >= 0.3 is 0 Å². The Kier molecular flexibility index (Phi) is 5.19. The molecule has 2 rings (SSSR count). The van der Waals surface area contributed by atoms with Gasteiger partial charge in [-0.05, 0) is 17.7 Å². The van der Waals surface area contributed by atoms with Crippen molar-refractivity contribution in [2.45, 2.75) is 18.5 Å². The molecular weight excluding hydrogens is 262 g/mol. The average molecular weight is 283 g/mol. The molecule has 0 saturated heterocycles. The van der Waals surface area contributed by atoms with Crippen LogP contribution in [0.1, 0.15) is 12.0 Å². The Bertz CT molecular complexity index is 425. The summed E-state index contributed by atoms with van der Waals surface area (Å²) in [6, 6.07) is 5.60. The first kappa shape index (κ1) is 15.1. The van der Waals surface area contributed by atoms with Gasteiger partial charge in [0, 0.05) is 13.0 Å². The molecule has 0 saturated carbocycles. The molecule has 20 heavy (non-hydrogen) atoms. The van der Waals surface area contributed by atoms with Gasteiger partial charge in [-0.2, -0.15) is 0 Å². The molecule has 0 atom stereocenters. The minimum absolute atomic E-state index is 0.343. The SMILES string of the molecule is OCC(CO)(CO)NCc1ccc2c(c1)OCCCO2. The molecule has 0 amide bonds. The molecule has 4 N–H and O–H groups in total. The van der Waals surface area contributed by atoms with Crippen LogP contribution >= 0.6 is 0 Å². The van der Waals surface area contributed by atoms with Gasteiger partial charge in [0.1, 0.15) is 0 Å². The van der Waals surface area contributed by atoms with Crippen LogP contribution in [0.3, 0.4) is 0 Å². The van der Waals surface area contributed by atoms with Gasteiger partial charge in [-0.15, -0.1) is 0 Å². The van der Waals surface area contributed by atoms with Crippen molar-refractivity contribution in [3.8, 4) is 11.5 Å². The second-order valence-corrected chi connectivity index (χ2v) is 4.94. The molecule has 1 aromatic carbocycles. The fraction of sp³-hybridized carbons (Fsp3) is 0.571. The van der Waals surface area contributed by atoms with Gasteiger partial charge in [0.15, 0.2) is 11.5 Å². The smallest absolute Gasteiger partial charge is 0.161 e. The summed E-state index contributed by atoms with van der Waals surface area (Å²) in [7, 11) is 0. The van der Waals surface area contributed by atoms with Crippen LogP contribution < -0.4 is 14.8 Å². The van der Waals surface area contributed by atoms with Crippen LogP contribution in [0.2, 0.25) is 0 Å². The number of aliphatic hydroxyl groups excluding tert-OH is 3. The molecule has 0 aliphatic carbocycles. The minimum Gasteiger partial charge on any atom is -0.490 e. The van der Waals surface area contributed by atoms with Crippen LogP contribution in [0, 0.1) is 0 Å². The molecule has 1 aliphatic rings. The van der Waals surface area contributed by atoms with E-state index in [0.29, 0.717) is 25.5 Å². The van der Waals surface area contributed by atoms with E-state index in [1.54, 1.807) is 0 Å². The van der Waals surface area contributed by atoms with Crippen LogP contribution in [0.15, 0.2) is 18.2 Å². The predicted octanol–water partition coefficient (Wildman–Crippen LogP) is -0.347. The third-order valence-corrected chi connectivity index (χ3v) is 3.39. The summed E-state index contributed by atoms with van der Waals surface area (Å²) in [5.41, 5.74) is -0.154. The van der Waals surface area contributed by atoms with Gasteiger partial charge in [0.2, 0.25) is 0 Å². The Morgan fingerprint density at radius 2 is 1.65 bits per heavy atom. The highest BCUT2D eigenvalue weighted by Crippen LogP contribution is 2.30. The Hall–Kier alpha value is -1.34. The highest BCUT2D eigenvalue weighted by molar-refractivity contribution is 5.43. The van der Waals surface area contributed by atoms with Crippen molar-refractivity contribution in [3.05, 3.63) is 23.8 Å². The standard InChI is InChI=1S/C14H21NO5/c16-8-14(9-17,10-18)15-7-11-2-3-12-13(6-11)20-5-1-4-19-12/h2-3,6,15-18H,1,4-5,7-10H2. The lowest BCUT2D eigenvalue weighted by atomic mass is 10.0. The van der Waals surface area contributed by atoms with Crippen LogP contribution in [-0.2, 0) is 6.54 Å². The van der Waals surface area contributed by atoms with Crippen LogP contribution in [0.4, 0.5) is 0 Å². The molecule has 1 aliphatic heterocycles. The average Bonchev–Trinajstić information content (AvgIpc) is 2.74. The van der Waals surface area contributed by atoms with E-state index in [9.17, 15) is 15.3 Å². The van der Waals surface area contributed by atoms with Crippen LogP contribution in [0.5, 0.6) is 11.5 Å². The van der Waals surface area contributed by atoms with Gasteiger partial charge in [0.25, 0.3) is 0 Å². The highest BCUT2D eigenvalue weighted by atomic mass is 16.5. The topological polar surface area (TPSA) is 91.2 Å². The fourth-order valence-corrected chi connectivity index (χ4v) is 1.92. The molecule has 0 bridgehead atoms. The summed E-state index contributed by atoms with van der Waals surface area (Å²) in [6.45, 7) is 0.642. The lowest BCUT2D eigenvalue weighted by molar-refractivity contribution is 0.0413. The third-order valence-electron chi connectivity index (χ3n) is 3.39. The van der Waals surface area contributed by atoms with Crippen LogP contribution in [-0.4, -0.2) is 53.9 Å². The molecule has 0 spiro atoms. The molecule has 6 heteroatoms. The lowest BCUT2D eigenvalue weighted by Crippen LogP contribution is -2.54. The molecule has 0 radical (unpaired) electrons. The van der Waals surface area contributed by atoms with Crippen molar-refractivity contribution in [2.24, 2.45) is 0 Å². The first-order valence-electron chi connectivity index (χ1n) is 6.69.